The van der Waals surface area contributed by atoms with Gasteiger partial charge < -0.3 is 5.32 Å². The summed E-state index contributed by atoms with van der Waals surface area (Å²) in [5, 5.41) is 8.79. The van der Waals surface area contributed by atoms with Gasteiger partial charge in [-0.2, -0.15) is 13.2 Å². The summed E-state index contributed by atoms with van der Waals surface area (Å²) in [4.78, 5) is 15.2. The van der Waals surface area contributed by atoms with Crippen LogP contribution in [0.15, 0.2) is 27.1 Å². The van der Waals surface area contributed by atoms with Crippen LogP contribution in [0.5, 0.6) is 0 Å². The van der Waals surface area contributed by atoms with Gasteiger partial charge in [-0.3, -0.25) is 4.57 Å². The minimum atomic E-state index is -4.47. The number of aromatic amines is 1. The molecule has 0 atom stereocenters. The second kappa shape index (κ2) is 5.19. The average molecular weight is 305 g/mol. The van der Waals surface area contributed by atoms with E-state index in [0.29, 0.717) is 0 Å². The van der Waals surface area contributed by atoms with E-state index in [9.17, 15) is 18.0 Å². The largest absolute Gasteiger partial charge is 0.416 e. The topological polar surface area (TPSA) is 75.6 Å². The van der Waals surface area contributed by atoms with Gasteiger partial charge in [-0.1, -0.05) is 0 Å². The Labute approximate surface area is 115 Å². The molecule has 2 heterocycles. The average Bonchev–Trinajstić information content (AvgIpc) is 2.69. The van der Waals surface area contributed by atoms with Gasteiger partial charge in [-0.15, -0.1) is 5.10 Å². The Bertz CT molecular complexity index is 678. The van der Waals surface area contributed by atoms with E-state index in [-0.39, 0.29) is 16.0 Å². The highest BCUT2D eigenvalue weighted by Crippen LogP contribution is 2.34. The molecule has 0 saturated heterocycles. The van der Waals surface area contributed by atoms with Gasteiger partial charge >= 0.3 is 11.9 Å². The lowest BCUT2D eigenvalue weighted by molar-refractivity contribution is -0.137. The van der Waals surface area contributed by atoms with Crippen LogP contribution < -0.4 is 11.0 Å². The number of aromatic nitrogens is 4. The van der Waals surface area contributed by atoms with Gasteiger partial charge in [0.2, 0.25) is 0 Å². The maximum absolute atomic E-state index is 12.8. The van der Waals surface area contributed by atoms with Crippen LogP contribution in [-0.4, -0.2) is 26.8 Å². The Balaban J connectivity index is 2.41. The third-order valence-electron chi connectivity index (χ3n) is 2.42. The first-order valence-electron chi connectivity index (χ1n) is 5.37. The summed E-state index contributed by atoms with van der Waals surface area (Å²) >= 11 is 0.864. The van der Waals surface area contributed by atoms with Crippen molar-refractivity contribution in [2.75, 3.05) is 12.4 Å². The molecule has 2 aromatic heterocycles. The quantitative estimate of drug-likeness (QED) is 0.903. The van der Waals surface area contributed by atoms with Crippen LogP contribution >= 0.6 is 11.8 Å². The molecule has 2 rings (SSSR count). The first-order valence-corrected chi connectivity index (χ1v) is 6.19. The zero-order valence-electron chi connectivity index (χ0n) is 10.4. The summed E-state index contributed by atoms with van der Waals surface area (Å²) < 4.78 is 39.5. The molecular formula is C10H10F3N5OS. The second-order valence-corrected chi connectivity index (χ2v) is 4.79. The van der Waals surface area contributed by atoms with Crippen molar-refractivity contribution >= 4 is 17.6 Å². The Morgan fingerprint density at radius 2 is 2.10 bits per heavy atom. The maximum Gasteiger partial charge on any atom is 0.416 e. The third-order valence-corrected chi connectivity index (χ3v) is 3.39. The van der Waals surface area contributed by atoms with Crippen molar-refractivity contribution in [2.45, 2.75) is 16.4 Å². The lowest BCUT2D eigenvalue weighted by atomic mass is 10.2. The second-order valence-electron chi connectivity index (χ2n) is 3.80. The molecule has 0 fully saturated rings. The molecule has 2 aromatic rings. The van der Waals surface area contributed by atoms with Crippen molar-refractivity contribution in [3.05, 3.63) is 28.2 Å². The molecule has 0 aliphatic heterocycles. The van der Waals surface area contributed by atoms with Crippen LogP contribution in [-0.2, 0) is 13.2 Å². The van der Waals surface area contributed by atoms with Gasteiger partial charge in [0.25, 0.3) is 0 Å². The zero-order valence-corrected chi connectivity index (χ0v) is 11.3. The summed E-state index contributed by atoms with van der Waals surface area (Å²) in [7, 11) is 2.93. The Kier molecular flexibility index (Phi) is 3.75. The predicted octanol–water partition coefficient (Wildman–Crippen LogP) is 1.72. The third kappa shape index (κ3) is 2.95. The molecule has 10 heteroatoms. The van der Waals surface area contributed by atoms with E-state index in [1.807, 2.05) is 0 Å². The Morgan fingerprint density at radius 3 is 2.60 bits per heavy atom. The van der Waals surface area contributed by atoms with E-state index >= 15 is 0 Å². The molecule has 0 bridgehead atoms. The van der Waals surface area contributed by atoms with Crippen molar-refractivity contribution in [2.24, 2.45) is 7.05 Å². The van der Waals surface area contributed by atoms with Gasteiger partial charge in [0.1, 0.15) is 10.8 Å². The molecule has 0 amide bonds. The van der Waals surface area contributed by atoms with E-state index in [1.165, 1.54) is 18.7 Å². The summed E-state index contributed by atoms with van der Waals surface area (Å²) in [5.41, 5.74) is -1.27. The van der Waals surface area contributed by atoms with Crippen LogP contribution in [0.1, 0.15) is 5.56 Å². The lowest BCUT2D eigenvalue weighted by Crippen LogP contribution is -2.13. The highest BCUT2D eigenvalue weighted by atomic mass is 32.2. The highest BCUT2D eigenvalue weighted by molar-refractivity contribution is 7.99. The number of pyridine rings is 1. The van der Waals surface area contributed by atoms with Crippen LogP contribution in [0.25, 0.3) is 0 Å². The van der Waals surface area contributed by atoms with Crippen molar-refractivity contribution < 1.29 is 13.2 Å². The van der Waals surface area contributed by atoms with E-state index in [1.54, 1.807) is 0 Å². The smallest absolute Gasteiger partial charge is 0.373 e. The SMILES string of the molecule is CNc1cc(C(F)(F)F)cc(Sc2n[nH]c(=O)n2C)n1. The van der Waals surface area contributed by atoms with Crippen molar-refractivity contribution in [3.8, 4) is 0 Å². The molecule has 0 aliphatic carbocycles. The maximum atomic E-state index is 12.8. The number of alkyl halides is 3. The van der Waals surface area contributed by atoms with Gasteiger partial charge in [0, 0.05) is 14.1 Å². The normalized spacial score (nSPS) is 11.7. The molecule has 0 spiro atoms. The van der Waals surface area contributed by atoms with Crippen LogP contribution in [0.2, 0.25) is 0 Å². The van der Waals surface area contributed by atoms with Crippen molar-refractivity contribution in [1.82, 2.24) is 19.7 Å². The first-order chi connectivity index (χ1) is 9.31. The number of halogens is 3. The number of rotatable bonds is 3. The minimum absolute atomic E-state index is 0.0860. The molecule has 0 unspecified atom stereocenters. The minimum Gasteiger partial charge on any atom is -0.373 e. The highest BCUT2D eigenvalue weighted by Gasteiger charge is 2.31. The van der Waals surface area contributed by atoms with Crippen molar-refractivity contribution in [3.63, 3.8) is 0 Å². The molecule has 6 nitrogen and oxygen atoms in total. The number of H-pyrrole nitrogens is 1. The fourth-order valence-corrected chi connectivity index (χ4v) is 2.19. The number of nitrogens with zero attached hydrogens (tertiary/aromatic N) is 3. The summed E-state index contributed by atoms with van der Waals surface area (Å²) in [6.45, 7) is 0. The molecule has 0 saturated carbocycles. The molecule has 0 aromatic carbocycles. The molecular weight excluding hydrogens is 295 g/mol. The monoisotopic (exact) mass is 305 g/mol. The summed E-state index contributed by atoms with van der Waals surface area (Å²) in [6.07, 6.45) is -4.47. The lowest BCUT2D eigenvalue weighted by Gasteiger charge is -2.10. The molecule has 0 aliphatic rings. The Morgan fingerprint density at radius 1 is 1.40 bits per heavy atom. The fraction of sp³-hybridized carbons (Fsp3) is 0.300. The van der Waals surface area contributed by atoms with E-state index in [2.05, 4.69) is 20.5 Å². The molecule has 20 heavy (non-hydrogen) atoms. The van der Waals surface area contributed by atoms with E-state index < -0.39 is 17.4 Å². The zero-order chi connectivity index (χ0) is 14.9. The van der Waals surface area contributed by atoms with Gasteiger partial charge in [-0.05, 0) is 23.9 Å². The van der Waals surface area contributed by atoms with Crippen LogP contribution in [0, 0.1) is 0 Å². The van der Waals surface area contributed by atoms with Gasteiger partial charge in [0.15, 0.2) is 5.16 Å². The standard InChI is InChI=1S/C10H10F3N5OS/c1-14-6-3-5(10(11,12)13)4-7(15-6)20-9-17-16-8(19)18(9)2/h3-4H,1-2H3,(H,14,15)(H,16,19). The van der Waals surface area contributed by atoms with Gasteiger partial charge in [0.05, 0.1) is 5.56 Å². The summed E-state index contributed by atoms with van der Waals surface area (Å²) in [5.74, 6) is 0.0860. The Hall–Kier alpha value is -1.97. The van der Waals surface area contributed by atoms with Gasteiger partial charge in [-0.25, -0.2) is 14.9 Å². The summed E-state index contributed by atoms with van der Waals surface area (Å²) in [6, 6.07) is 1.82. The van der Waals surface area contributed by atoms with Crippen LogP contribution in [0.3, 0.4) is 0 Å². The van der Waals surface area contributed by atoms with Crippen molar-refractivity contribution in [1.29, 1.82) is 0 Å². The fourth-order valence-electron chi connectivity index (χ4n) is 1.37. The van der Waals surface area contributed by atoms with Crippen LogP contribution in [0.4, 0.5) is 19.0 Å². The molecule has 108 valence electrons. The van der Waals surface area contributed by atoms with E-state index in [0.717, 1.165) is 23.9 Å². The predicted molar refractivity (Wildman–Crippen MR) is 66.7 cm³/mol. The number of hydrogen-bond donors (Lipinski definition) is 2. The molecule has 0 radical (unpaired) electrons. The number of nitrogens with one attached hydrogen (secondary N) is 2. The number of hydrogen-bond acceptors (Lipinski definition) is 5. The number of anilines is 1. The molecule has 2 N–H and O–H groups in total. The van der Waals surface area contributed by atoms with E-state index in [4.69, 9.17) is 0 Å². The first kappa shape index (κ1) is 14.4.